The number of halogens is 1. The number of carbonyl (C=O) groups is 1. The largest absolute Gasteiger partial charge is 0.334 e. The summed E-state index contributed by atoms with van der Waals surface area (Å²) in [6.07, 6.45) is 0. The summed E-state index contributed by atoms with van der Waals surface area (Å²) in [6, 6.07) is 5.02. The smallest absolute Gasteiger partial charge is 0.225 e. The molecule has 1 aromatic carbocycles. The Bertz CT molecular complexity index is 401. The first-order valence-corrected chi connectivity index (χ1v) is 5.14. The summed E-state index contributed by atoms with van der Waals surface area (Å²) in [5, 5.41) is 0. The molecule has 2 nitrogen and oxygen atoms in total. The Morgan fingerprint density at radius 3 is 2.73 bits per heavy atom. The summed E-state index contributed by atoms with van der Waals surface area (Å²) in [5.41, 5.74) is 1.61. The average molecular weight is 207 g/mol. The average Bonchev–Trinajstić information content (AvgIpc) is 2.61. The highest BCUT2D eigenvalue weighted by molar-refractivity contribution is 5.78. The highest BCUT2D eigenvalue weighted by Gasteiger charge is 2.26. The van der Waals surface area contributed by atoms with Crippen LogP contribution in [0.25, 0.3) is 0 Å². The Morgan fingerprint density at radius 2 is 2.13 bits per heavy atom. The van der Waals surface area contributed by atoms with Crippen LogP contribution in [0.3, 0.4) is 0 Å². The standard InChI is InChI=1S/C12H14FNO/c1-8(2)12(15)14-6-9-4-3-5-11(13)10(9)7-14/h3-5,8H,6-7H2,1-2H3. The molecule has 0 bridgehead atoms. The SMILES string of the molecule is CC(C)C(=O)N1Cc2cccc(F)c2C1. The number of benzene rings is 1. The van der Waals surface area contributed by atoms with Gasteiger partial charge in [-0.05, 0) is 11.6 Å². The molecular weight excluding hydrogens is 193 g/mol. The zero-order valence-electron chi connectivity index (χ0n) is 8.96. The molecule has 1 aromatic rings. The van der Waals surface area contributed by atoms with Crippen molar-refractivity contribution in [1.82, 2.24) is 4.90 Å². The van der Waals surface area contributed by atoms with Crippen molar-refractivity contribution in [1.29, 1.82) is 0 Å². The van der Waals surface area contributed by atoms with Crippen LogP contribution in [0.15, 0.2) is 18.2 Å². The van der Waals surface area contributed by atoms with Gasteiger partial charge in [-0.2, -0.15) is 0 Å². The van der Waals surface area contributed by atoms with E-state index in [0.29, 0.717) is 18.7 Å². The molecule has 1 heterocycles. The lowest BCUT2D eigenvalue weighted by Crippen LogP contribution is -2.29. The minimum absolute atomic E-state index is 0.0256. The van der Waals surface area contributed by atoms with Crippen molar-refractivity contribution in [3.63, 3.8) is 0 Å². The maximum atomic E-state index is 13.4. The molecule has 0 N–H and O–H groups in total. The third kappa shape index (κ3) is 1.74. The molecular formula is C12H14FNO. The van der Waals surface area contributed by atoms with Crippen LogP contribution in [0.2, 0.25) is 0 Å². The van der Waals surface area contributed by atoms with Crippen molar-refractivity contribution in [2.24, 2.45) is 5.92 Å². The van der Waals surface area contributed by atoms with Crippen LogP contribution in [0.4, 0.5) is 4.39 Å². The van der Waals surface area contributed by atoms with Crippen LogP contribution >= 0.6 is 0 Å². The van der Waals surface area contributed by atoms with Crippen LogP contribution in [0.1, 0.15) is 25.0 Å². The van der Waals surface area contributed by atoms with Crippen molar-refractivity contribution in [2.75, 3.05) is 0 Å². The molecule has 2 rings (SSSR count). The predicted octanol–water partition coefficient (Wildman–Crippen LogP) is 2.32. The summed E-state index contributed by atoms with van der Waals surface area (Å²) < 4.78 is 13.4. The van der Waals surface area contributed by atoms with Gasteiger partial charge in [0.1, 0.15) is 5.82 Å². The summed E-state index contributed by atoms with van der Waals surface area (Å²) >= 11 is 0. The summed E-state index contributed by atoms with van der Waals surface area (Å²) in [4.78, 5) is 13.4. The fourth-order valence-electron chi connectivity index (χ4n) is 1.90. The van der Waals surface area contributed by atoms with Crippen LogP contribution < -0.4 is 0 Å². The maximum absolute atomic E-state index is 13.4. The number of fused-ring (bicyclic) bond motifs is 1. The van der Waals surface area contributed by atoms with Gasteiger partial charge >= 0.3 is 0 Å². The normalized spacial score (nSPS) is 14.5. The summed E-state index contributed by atoms with van der Waals surface area (Å²) in [7, 11) is 0. The van der Waals surface area contributed by atoms with Gasteiger partial charge in [0.15, 0.2) is 0 Å². The van der Waals surface area contributed by atoms with Crippen LogP contribution in [-0.2, 0) is 17.9 Å². The number of nitrogens with zero attached hydrogens (tertiary/aromatic N) is 1. The zero-order chi connectivity index (χ0) is 11.0. The third-order valence-electron chi connectivity index (χ3n) is 2.73. The van der Waals surface area contributed by atoms with Gasteiger partial charge in [-0.1, -0.05) is 26.0 Å². The van der Waals surface area contributed by atoms with E-state index < -0.39 is 0 Å². The van der Waals surface area contributed by atoms with Gasteiger partial charge in [-0.3, -0.25) is 4.79 Å². The van der Waals surface area contributed by atoms with Crippen molar-refractivity contribution in [3.05, 3.63) is 35.1 Å². The Morgan fingerprint density at radius 1 is 1.40 bits per heavy atom. The molecule has 0 unspecified atom stereocenters. The first-order valence-electron chi connectivity index (χ1n) is 5.14. The summed E-state index contributed by atoms with van der Waals surface area (Å²) in [5.74, 6) is -0.139. The molecule has 0 aliphatic carbocycles. The van der Waals surface area contributed by atoms with Gasteiger partial charge in [-0.25, -0.2) is 4.39 Å². The van der Waals surface area contributed by atoms with Crippen LogP contribution in [0, 0.1) is 11.7 Å². The van der Waals surface area contributed by atoms with E-state index in [9.17, 15) is 9.18 Å². The zero-order valence-corrected chi connectivity index (χ0v) is 8.96. The lowest BCUT2D eigenvalue weighted by Gasteiger charge is -2.17. The Kier molecular flexibility index (Phi) is 2.47. The van der Waals surface area contributed by atoms with E-state index >= 15 is 0 Å². The Labute approximate surface area is 88.7 Å². The number of rotatable bonds is 1. The van der Waals surface area contributed by atoms with Crippen molar-refractivity contribution < 1.29 is 9.18 Å². The Balaban J connectivity index is 2.23. The second-order valence-electron chi connectivity index (χ2n) is 4.23. The molecule has 0 saturated heterocycles. The van der Waals surface area contributed by atoms with Gasteiger partial charge in [-0.15, -0.1) is 0 Å². The Hall–Kier alpha value is -1.38. The molecule has 1 aliphatic rings. The molecule has 15 heavy (non-hydrogen) atoms. The molecule has 0 atom stereocenters. The first kappa shape index (κ1) is 10.1. The van der Waals surface area contributed by atoms with Gasteiger partial charge in [0.25, 0.3) is 0 Å². The third-order valence-corrected chi connectivity index (χ3v) is 2.73. The highest BCUT2D eigenvalue weighted by Crippen LogP contribution is 2.25. The molecule has 0 spiro atoms. The van der Waals surface area contributed by atoms with E-state index in [-0.39, 0.29) is 17.6 Å². The predicted molar refractivity (Wildman–Crippen MR) is 55.5 cm³/mol. The van der Waals surface area contributed by atoms with Gasteiger partial charge in [0.2, 0.25) is 5.91 Å². The maximum Gasteiger partial charge on any atom is 0.225 e. The summed E-state index contributed by atoms with van der Waals surface area (Å²) in [6.45, 7) is 4.69. The topological polar surface area (TPSA) is 20.3 Å². The van der Waals surface area contributed by atoms with E-state index in [1.807, 2.05) is 19.9 Å². The fraction of sp³-hybridized carbons (Fsp3) is 0.417. The lowest BCUT2D eigenvalue weighted by molar-refractivity contribution is -0.135. The van der Waals surface area contributed by atoms with Gasteiger partial charge in [0.05, 0.1) is 0 Å². The molecule has 0 radical (unpaired) electrons. The minimum Gasteiger partial charge on any atom is -0.334 e. The monoisotopic (exact) mass is 207 g/mol. The number of hydrogen-bond acceptors (Lipinski definition) is 1. The molecule has 0 saturated carbocycles. The highest BCUT2D eigenvalue weighted by atomic mass is 19.1. The lowest BCUT2D eigenvalue weighted by atomic mass is 10.1. The fourth-order valence-corrected chi connectivity index (χ4v) is 1.90. The first-order chi connectivity index (χ1) is 7.09. The number of amides is 1. The van der Waals surface area contributed by atoms with Crippen molar-refractivity contribution >= 4 is 5.91 Å². The van der Waals surface area contributed by atoms with E-state index in [1.165, 1.54) is 6.07 Å². The van der Waals surface area contributed by atoms with Crippen molar-refractivity contribution in [2.45, 2.75) is 26.9 Å². The quantitative estimate of drug-likeness (QED) is 0.692. The van der Waals surface area contributed by atoms with Crippen molar-refractivity contribution in [3.8, 4) is 0 Å². The number of carbonyl (C=O) groups excluding carboxylic acids is 1. The second kappa shape index (κ2) is 3.65. The molecule has 0 aromatic heterocycles. The van der Waals surface area contributed by atoms with Gasteiger partial charge < -0.3 is 4.90 Å². The molecule has 0 fully saturated rings. The van der Waals surface area contributed by atoms with Crippen LogP contribution in [0.5, 0.6) is 0 Å². The second-order valence-corrected chi connectivity index (χ2v) is 4.23. The van der Waals surface area contributed by atoms with E-state index in [0.717, 1.165) is 5.56 Å². The molecule has 3 heteroatoms. The molecule has 1 aliphatic heterocycles. The minimum atomic E-state index is -0.202. The van der Waals surface area contributed by atoms with E-state index in [1.54, 1.807) is 11.0 Å². The molecule has 1 amide bonds. The van der Waals surface area contributed by atoms with E-state index in [2.05, 4.69) is 0 Å². The van der Waals surface area contributed by atoms with Gasteiger partial charge in [0, 0.05) is 24.6 Å². The van der Waals surface area contributed by atoms with Crippen LogP contribution in [-0.4, -0.2) is 10.8 Å². The van der Waals surface area contributed by atoms with E-state index in [4.69, 9.17) is 0 Å². The molecule has 80 valence electrons. The number of hydrogen-bond donors (Lipinski definition) is 0.